The van der Waals surface area contributed by atoms with E-state index in [1.54, 1.807) is 36.9 Å². The summed E-state index contributed by atoms with van der Waals surface area (Å²) in [7, 11) is 3.12. The van der Waals surface area contributed by atoms with Crippen molar-refractivity contribution >= 4 is 29.4 Å². The minimum atomic E-state index is -0.533. The molecule has 2 unspecified atom stereocenters. The first-order valence-electron chi connectivity index (χ1n) is 11.4. The molecular formula is C24H33N3O6. The van der Waals surface area contributed by atoms with Crippen LogP contribution in [0, 0.1) is 18.8 Å². The molecule has 0 aliphatic carbocycles. The molecule has 0 N–H and O–H groups in total. The number of amides is 3. The molecule has 2 saturated heterocycles. The number of likely N-dealkylation sites (N-methyl/N-ethyl adjacent to an activating group) is 1. The average Bonchev–Trinajstić information content (AvgIpc) is 3.20. The van der Waals surface area contributed by atoms with Crippen LogP contribution in [0.5, 0.6) is 5.75 Å². The van der Waals surface area contributed by atoms with Crippen molar-refractivity contribution in [1.29, 1.82) is 0 Å². The average molecular weight is 460 g/mol. The van der Waals surface area contributed by atoms with Gasteiger partial charge in [-0.1, -0.05) is 6.07 Å². The Morgan fingerprint density at radius 1 is 1.18 bits per heavy atom. The number of hydrogen-bond donors (Lipinski definition) is 0. The van der Waals surface area contributed by atoms with E-state index < -0.39 is 5.92 Å². The Morgan fingerprint density at radius 3 is 2.64 bits per heavy atom. The molecule has 2 atom stereocenters. The minimum Gasteiger partial charge on any atom is -0.495 e. The van der Waals surface area contributed by atoms with Crippen LogP contribution >= 0.6 is 0 Å². The molecule has 0 spiro atoms. The van der Waals surface area contributed by atoms with Crippen LogP contribution in [0.15, 0.2) is 18.2 Å². The second-order valence-electron chi connectivity index (χ2n) is 8.71. The maximum absolute atomic E-state index is 13.0. The Hall–Kier alpha value is -3.10. The van der Waals surface area contributed by atoms with Crippen LogP contribution in [0.1, 0.15) is 31.7 Å². The first-order valence-corrected chi connectivity index (χ1v) is 11.4. The van der Waals surface area contributed by atoms with E-state index in [0.29, 0.717) is 37.6 Å². The van der Waals surface area contributed by atoms with Crippen molar-refractivity contribution in [3.05, 3.63) is 23.8 Å². The summed E-state index contributed by atoms with van der Waals surface area (Å²) in [6.45, 7) is 5.01. The SMILES string of the molecule is CCOC(=O)C1CCCN(C(=O)CN(C)C(=O)C2CC(=O)N(c3cc(C)ccc3OC)C2)C1. The van der Waals surface area contributed by atoms with Crippen molar-refractivity contribution in [2.45, 2.75) is 33.1 Å². The van der Waals surface area contributed by atoms with Crippen LogP contribution in [0.2, 0.25) is 0 Å². The number of benzene rings is 1. The number of likely N-dealkylation sites (tertiary alicyclic amines) is 1. The first kappa shape index (κ1) is 24.5. The number of methoxy groups -OCH3 is 1. The van der Waals surface area contributed by atoms with Crippen molar-refractivity contribution in [2.24, 2.45) is 11.8 Å². The third kappa shape index (κ3) is 5.64. The Balaban J connectivity index is 1.60. The zero-order chi connectivity index (χ0) is 24.1. The van der Waals surface area contributed by atoms with Gasteiger partial charge >= 0.3 is 5.97 Å². The molecule has 0 aromatic heterocycles. The second-order valence-corrected chi connectivity index (χ2v) is 8.71. The van der Waals surface area contributed by atoms with E-state index in [0.717, 1.165) is 12.0 Å². The van der Waals surface area contributed by atoms with Gasteiger partial charge < -0.3 is 24.2 Å². The summed E-state index contributed by atoms with van der Waals surface area (Å²) >= 11 is 0. The molecule has 2 aliphatic rings. The lowest BCUT2D eigenvalue weighted by Crippen LogP contribution is -2.48. The number of esters is 1. The molecule has 9 heteroatoms. The lowest BCUT2D eigenvalue weighted by molar-refractivity contribution is -0.152. The lowest BCUT2D eigenvalue weighted by Gasteiger charge is -2.33. The minimum absolute atomic E-state index is 0.0864. The van der Waals surface area contributed by atoms with Crippen molar-refractivity contribution in [1.82, 2.24) is 9.80 Å². The molecule has 2 aliphatic heterocycles. The van der Waals surface area contributed by atoms with Gasteiger partial charge in [0.25, 0.3) is 0 Å². The number of carbonyl (C=O) groups is 4. The van der Waals surface area contributed by atoms with Crippen LogP contribution in [-0.4, -0.2) is 80.4 Å². The molecule has 2 fully saturated rings. The fourth-order valence-electron chi connectivity index (χ4n) is 4.47. The summed E-state index contributed by atoms with van der Waals surface area (Å²) < 4.78 is 10.5. The summed E-state index contributed by atoms with van der Waals surface area (Å²) in [5.74, 6) is -1.16. The molecule has 2 heterocycles. The van der Waals surface area contributed by atoms with Crippen LogP contribution < -0.4 is 9.64 Å². The zero-order valence-electron chi connectivity index (χ0n) is 19.8. The van der Waals surface area contributed by atoms with Crippen molar-refractivity contribution in [3.63, 3.8) is 0 Å². The first-order chi connectivity index (χ1) is 15.7. The maximum Gasteiger partial charge on any atom is 0.310 e. The molecule has 33 heavy (non-hydrogen) atoms. The molecule has 3 amide bonds. The van der Waals surface area contributed by atoms with Crippen LogP contribution in [0.3, 0.4) is 0 Å². The number of carbonyl (C=O) groups excluding carboxylic acids is 4. The van der Waals surface area contributed by atoms with Crippen molar-refractivity contribution in [2.75, 3.05) is 51.8 Å². The van der Waals surface area contributed by atoms with Gasteiger partial charge in [0.2, 0.25) is 17.7 Å². The van der Waals surface area contributed by atoms with Gasteiger partial charge in [-0.2, -0.15) is 0 Å². The Bertz CT molecular complexity index is 917. The lowest BCUT2D eigenvalue weighted by atomic mass is 9.98. The predicted molar refractivity (Wildman–Crippen MR) is 122 cm³/mol. The van der Waals surface area contributed by atoms with E-state index in [4.69, 9.17) is 9.47 Å². The van der Waals surface area contributed by atoms with Gasteiger partial charge in [0.1, 0.15) is 5.75 Å². The quantitative estimate of drug-likeness (QED) is 0.575. The summed E-state index contributed by atoms with van der Waals surface area (Å²) in [6, 6.07) is 5.57. The van der Waals surface area contributed by atoms with Gasteiger partial charge in [0.15, 0.2) is 0 Å². The maximum atomic E-state index is 13.0. The Morgan fingerprint density at radius 2 is 1.94 bits per heavy atom. The molecule has 0 bridgehead atoms. The third-order valence-electron chi connectivity index (χ3n) is 6.24. The van der Waals surface area contributed by atoms with Gasteiger partial charge in [-0.05, 0) is 44.4 Å². The topological polar surface area (TPSA) is 96.5 Å². The fourth-order valence-corrected chi connectivity index (χ4v) is 4.47. The predicted octanol–water partition coefficient (Wildman–Crippen LogP) is 1.62. The normalized spacial score (nSPS) is 20.5. The molecule has 1 aromatic carbocycles. The van der Waals surface area contributed by atoms with Crippen LogP contribution in [0.25, 0.3) is 0 Å². The third-order valence-corrected chi connectivity index (χ3v) is 6.24. The highest BCUT2D eigenvalue weighted by Gasteiger charge is 2.38. The number of anilines is 1. The van der Waals surface area contributed by atoms with E-state index in [1.807, 2.05) is 19.1 Å². The van der Waals surface area contributed by atoms with E-state index in [1.165, 1.54) is 4.90 Å². The molecule has 9 nitrogen and oxygen atoms in total. The van der Waals surface area contributed by atoms with Crippen molar-refractivity contribution < 1.29 is 28.7 Å². The summed E-state index contributed by atoms with van der Waals surface area (Å²) in [5.41, 5.74) is 1.63. The summed E-state index contributed by atoms with van der Waals surface area (Å²) in [5, 5.41) is 0. The molecule has 0 saturated carbocycles. The highest BCUT2D eigenvalue weighted by molar-refractivity contribution is 6.01. The highest BCUT2D eigenvalue weighted by atomic mass is 16.5. The van der Waals surface area contributed by atoms with Crippen LogP contribution in [0.4, 0.5) is 5.69 Å². The van der Waals surface area contributed by atoms with E-state index in [9.17, 15) is 19.2 Å². The molecular weight excluding hydrogens is 426 g/mol. The molecule has 3 rings (SSSR count). The van der Waals surface area contributed by atoms with E-state index in [2.05, 4.69) is 0 Å². The van der Waals surface area contributed by atoms with Gasteiger partial charge in [-0.3, -0.25) is 19.2 Å². The second kappa shape index (κ2) is 10.7. The van der Waals surface area contributed by atoms with E-state index >= 15 is 0 Å². The Labute approximate surface area is 194 Å². The largest absolute Gasteiger partial charge is 0.495 e. The number of nitrogens with zero attached hydrogens (tertiary/aromatic N) is 3. The summed E-state index contributed by atoms with van der Waals surface area (Å²) in [4.78, 5) is 55.2. The van der Waals surface area contributed by atoms with Gasteiger partial charge in [-0.25, -0.2) is 0 Å². The highest BCUT2D eigenvalue weighted by Crippen LogP contribution is 2.34. The smallest absolute Gasteiger partial charge is 0.310 e. The number of ether oxygens (including phenoxy) is 2. The van der Waals surface area contributed by atoms with E-state index in [-0.39, 0.29) is 49.1 Å². The number of piperidine rings is 1. The Kier molecular flexibility index (Phi) is 7.94. The zero-order valence-corrected chi connectivity index (χ0v) is 19.8. The molecule has 1 aromatic rings. The van der Waals surface area contributed by atoms with Crippen molar-refractivity contribution in [3.8, 4) is 5.75 Å². The molecule has 0 radical (unpaired) electrons. The monoisotopic (exact) mass is 459 g/mol. The number of hydrogen-bond acceptors (Lipinski definition) is 6. The van der Waals surface area contributed by atoms with Crippen LogP contribution in [-0.2, 0) is 23.9 Å². The van der Waals surface area contributed by atoms with Gasteiger partial charge in [-0.15, -0.1) is 0 Å². The fraction of sp³-hybridized carbons (Fsp3) is 0.583. The molecule has 180 valence electrons. The van der Waals surface area contributed by atoms with Gasteiger partial charge in [0.05, 0.1) is 37.8 Å². The number of aryl methyl sites for hydroxylation is 1. The van der Waals surface area contributed by atoms with Gasteiger partial charge in [0, 0.05) is 33.1 Å². The number of rotatable bonds is 7. The standard InChI is InChI=1S/C24H33N3O6/c1-5-33-24(31)17-7-6-10-26(13-17)22(29)15-25(3)23(30)18-12-21(28)27(14-18)19-11-16(2)8-9-20(19)32-4/h8-9,11,17-18H,5-7,10,12-15H2,1-4H3. The summed E-state index contributed by atoms with van der Waals surface area (Å²) in [6.07, 6.45) is 1.50.